The van der Waals surface area contributed by atoms with Crippen molar-refractivity contribution >= 4 is 11.5 Å². The summed E-state index contributed by atoms with van der Waals surface area (Å²) in [6.07, 6.45) is 1.09. The second-order valence-electron chi connectivity index (χ2n) is 5.66. The second-order valence-corrected chi connectivity index (χ2v) is 5.66. The molecule has 0 saturated carbocycles. The van der Waals surface area contributed by atoms with Crippen LogP contribution in [0.5, 0.6) is 5.75 Å². The van der Waals surface area contributed by atoms with Gasteiger partial charge in [-0.05, 0) is 38.2 Å². The molecule has 1 fully saturated rings. The number of nitrogens with two attached hydrogens (primary N) is 1. The Morgan fingerprint density at radius 2 is 1.91 bits per heavy atom. The minimum absolute atomic E-state index is 0.197. The highest BCUT2D eigenvalue weighted by atomic mass is 16.3. The van der Waals surface area contributed by atoms with Crippen LogP contribution in [0.3, 0.4) is 0 Å². The van der Waals surface area contributed by atoms with Crippen molar-refractivity contribution in [3.05, 3.63) is 30.3 Å². The smallest absolute Gasteiger partial charge is 0.169 e. The van der Waals surface area contributed by atoms with Crippen LogP contribution >= 0.6 is 0 Å². The molecule has 6 nitrogen and oxygen atoms in total. The number of hydrogen-bond donors (Lipinski definition) is 2. The summed E-state index contributed by atoms with van der Waals surface area (Å²) in [5.41, 5.74) is 8.23. The molecule has 0 aliphatic carbocycles. The molecular formula is C16H21N5O. The van der Waals surface area contributed by atoms with Gasteiger partial charge in [-0.1, -0.05) is 12.1 Å². The summed E-state index contributed by atoms with van der Waals surface area (Å²) in [4.78, 5) is 4.56. The van der Waals surface area contributed by atoms with Gasteiger partial charge in [0.15, 0.2) is 5.82 Å². The summed E-state index contributed by atoms with van der Waals surface area (Å²) in [6.45, 7) is 3.93. The first kappa shape index (κ1) is 14.6. The van der Waals surface area contributed by atoms with Crippen LogP contribution in [0.25, 0.3) is 11.3 Å². The van der Waals surface area contributed by atoms with Crippen LogP contribution in [0.4, 0.5) is 11.5 Å². The van der Waals surface area contributed by atoms with Crippen molar-refractivity contribution in [2.75, 3.05) is 43.9 Å². The molecule has 3 rings (SSSR count). The molecule has 1 saturated heterocycles. The second kappa shape index (κ2) is 6.19. The first-order chi connectivity index (χ1) is 10.6. The van der Waals surface area contributed by atoms with E-state index < -0.39 is 0 Å². The van der Waals surface area contributed by atoms with Crippen LogP contribution in [0.15, 0.2) is 30.3 Å². The van der Waals surface area contributed by atoms with Crippen LogP contribution in [0.1, 0.15) is 6.42 Å². The Balaban J connectivity index is 1.95. The molecule has 6 heteroatoms. The van der Waals surface area contributed by atoms with Crippen LogP contribution < -0.4 is 10.6 Å². The number of nitrogen functional groups attached to an aromatic ring is 1. The lowest BCUT2D eigenvalue weighted by molar-refractivity contribution is 0.360. The zero-order valence-electron chi connectivity index (χ0n) is 12.7. The van der Waals surface area contributed by atoms with Crippen molar-refractivity contribution in [3.8, 4) is 17.0 Å². The number of benzene rings is 1. The fraction of sp³-hybridized carbons (Fsp3) is 0.375. The number of phenols is 1. The largest absolute Gasteiger partial charge is 0.507 e. The average molecular weight is 299 g/mol. The summed E-state index contributed by atoms with van der Waals surface area (Å²) in [5, 5.41) is 18.2. The summed E-state index contributed by atoms with van der Waals surface area (Å²) < 4.78 is 0. The number of rotatable bonds is 2. The quantitative estimate of drug-likeness (QED) is 0.876. The molecule has 0 bridgehead atoms. The molecule has 1 aromatic heterocycles. The maximum Gasteiger partial charge on any atom is 0.169 e. The van der Waals surface area contributed by atoms with E-state index in [4.69, 9.17) is 5.73 Å². The van der Waals surface area contributed by atoms with Gasteiger partial charge in [-0.25, -0.2) is 0 Å². The van der Waals surface area contributed by atoms with E-state index in [0.29, 0.717) is 17.1 Å². The lowest BCUT2D eigenvalue weighted by Crippen LogP contribution is -2.29. The molecule has 0 atom stereocenters. The summed E-state index contributed by atoms with van der Waals surface area (Å²) in [5.74, 6) is 0.631. The maximum absolute atomic E-state index is 9.99. The molecule has 2 aromatic rings. The Hall–Kier alpha value is -2.34. The Bertz CT molecular complexity index is 661. The number of phenolic OH excluding ortho intramolecular Hbond substituents is 1. The number of likely N-dealkylation sites (N-methyl/N-ethyl adjacent to an activating group) is 1. The Morgan fingerprint density at radius 3 is 2.73 bits per heavy atom. The molecule has 0 spiro atoms. The molecule has 1 aliphatic heterocycles. The highest BCUT2D eigenvalue weighted by Gasteiger charge is 2.17. The van der Waals surface area contributed by atoms with Crippen molar-refractivity contribution < 1.29 is 5.11 Å². The average Bonchev–Trinajstić information content (AvgIpc) is 2.73. The number of para-hydroxylation sites is 1. The Labute approximate surface area is 130 Å². The van der Waals surface area contributed by atoms with Gasteiger partial charge in [0.05, 0.1) is 11.4 Å². The zero-order valence-corrected chi connectivity index (χ0v) is 12.7. The molecule has 0 amide bonds. The number of hydrogen-bond acceptors (Lipinski definition) is 6. The number of nitrogens with zero attached hydrogens (tertiary/aromatic N) is 4. The fourth-order valence-electron chi connectivity index (χ4n) is 2.75. The standard InChI is InChI=1S/C16H21N5O/c1-20-7-4-8-21(10-9-20)14-11-13(18-19-16(14)17)12-5-2-3-6-15(12)22/h2-3,5-6,11,22H,4,7-10H2,1H3,(H2,17,19). The Morgan fingerprint density at radius 1 is 1.09 bits per heavy atom. The monoisotopic (exact) mass is 299 g/mol. The molecule has 2 heterocycles. The molecule has 0 radical (unpaired) electrons. The van der Waals surface area contributed by atoms with Gasteiger partial charge < -0.3 is 20.6 Å². The highest BCUT2D eigenvalue weighted by Crippen LogP contribution is 2.31. The summed E-state index contributed by atoms with van der Waals surface area (Å²) in [6, 6.07) is 9.05. The SMILES string of the molecule is CN1CCCN(c2cc(-c3ccccc3O)nnc2N)CC1. The molecule has 1 aliphatic rings. The molecule has 1 aromatic carbocycles. The van der Waals surface area contributed by atoms with Gasteiger partial charge in [0.1, 0.15) is 5.75 Å². The van der Waals surface area contributed by atoms with Crippen molar-refractivity contribution in [2.24, 2.45) is 0 Å². The predicted molar refractivity (Wildman–Crippen MR) is 87.9 cm³/mol. The third-order valence-corrected chi connectivity index (χ3v) is 4.04. The topological polar surface area (TPSA) is 78.5 Å². The van der Waals surface area contributed by atoms with E-state index >= 15 is 0 Å². The van der Waals surface area contributed by atoms with Crippen LogP contribution in [0.2, 0.25) is 0 Å². The van der Waals surface area contributed by atoms with Gasteiger partial charge in [-0.3, -0.25) is 0 Å². The van der Waals surface area contributed by atoms with E-state index in [9.17, 15) is 5.11 Å². The van der Waals surface area contributed by atoms with Gasteiger partial charge in [-0.2, -0.15) is 0 Å². The van der Waals surface area contributed by atoms with Gasteiger partial charge >= 0.3 is 0 Å². The van der Waals surface area contributed by atoms with E-state index in [2.05, 4.69) is 27.0 Å². The molecule has 116 valence electrons. The van der Waals surface area contributed by atoms with Crippen molar-refractivity contribution in [1.29, 1.82) is 0 Å². The van der Waals surface area contributed by atoms with Gasteiger partial charge in [-0.15, -0.1) is 10.2 Å². The van der Waals surface area contributed by atoms with E-state index in [1.807, 2.05) is 18.2 Å². The normalized spacial score (nSPS) is 16.5. The summed E-state index contributed by atoms with van der Waals surface area (Å²) >= 11 is 0. The lowest BCUT2D eigenvalue weighted by atomic mass is 10.1. The number of aromatic nitrogens is 2. The van der Waals surface area contributed by atoms with Crippen molar-refractivity contribution in [2.45, 2.75) is 6.42 Å². The first-order valence-corrected chi connectivity index (χ1v) is 7.50. The van der Waals surface area contributed by atoms with E-state index in [1.54, 1.807) is 12.1 Å². The van der Waals surface area contributed by atoms with Crippen LogP contribution in [-0.2, 0) is 0 Å². The van der Waals surface area contributed by atoms with E-state index in [-0.39, 0.29) is 5.75 Å². The lowest BCUT2D eigenvalue weighted by Gasteiger charge is -2.24. The molecule has 22 heavy (non-hydrogen) atoms. The minimum Gasteiger partial charge on any atom is -0.507 e. The van der Waals surface area contributed by atoms with E-state index in [1.165, 1.54) is 0 Å². The van der Waals surface area contributed by atoms with Crippen molar-refractivity contribution in [3.63, 3.8) is 0 Å². The Kier molecular flexibility index (Phi) is 4.11. The van der Waals surface area contributed by atoms with Gasteiger partial charge in [0, 0.05) is 25.2 Å². The summed E-state index contributed by atoms with van der Waals surface area (Å²) in [7, 11) is 2.13. The number of aromatic hydroxyl groups is 1. The van der Waals surface area contributed by atoms with Crippen LogP contribution in [-0.4, -0.2) is 53.4 Å². The third kappa shape index (κ3) is 2.96. The third-order valence-electron chi connectivity index (χ3n) is 4.04. The van der Waals surface area contributed by atoms with Crippen molar-refractivity contribution in [1.82, 2.24) is 15.1 Å². The van der Waals surface area contributed by atoms with Gasteiger partial charge in [0.25, 0.3) is 0 Å². The first-order valence-electron chi connectivity index (χ1n) is 7.50. The van der Waals surface area contributed by atoms with E-state index in [0.717, 1.165) is 38.3 Å². The zero-order chi connectivity index (χ0) is 15.5. The molecule has 3 N–H and O–H groups in total. The maximum atomic E-state index is 9.99. The molecular weight excluding hydrogens is 278 g/mol. The fourth-order valence-corrected chi connectivity index (χ4v) is 2.75. The predicted octanol–water partition coefficient (Wildman–Crippen LogP) is 1.57. The highest BCUT2D eigenvalue weighted by molar-refractivity contribution is 5.73. The number of anilines is 2. The van der Waals surface area contributed by atoms with Gasteiger partial charge in [0.2, 0.25) is 0 Å². The minimum atomic E-state index is 0.197. The molecule has 0 unspecified atom stereocenters. The van der Waals surface area contributed by atoms with Crippen LogP contribution in [0, 0.1) is 0 Å².